The van der Waals surface area contributed by atoms with Crippen LogP contribution < -0.4 is 10.2 Å². The fourth-order valence-corrected chi connectivity index (χ4v) is 3.31. The summed E-state index contributed by atoms with van der Waals surface area (Å²) in [5, 5.41) is 6.39. The van der Waals surface area contributed by atoms with E-state index >= 15 is 0 Å². The minimum Gasteiger partial charge on any atom is -0.319 e. The van der Waals surface area contributed by atoms with E-state index in [4.69, 9.17) is 0 Å². The van der Waals surface area contributed by atoms with Crippen LogP contribution >= 0.6 is 11.3 Å². The first kappa shape index (κ1) is 16.2. The molecule has 1 saturated heterocycles. The molecular formula is C17H17N3O3S. The third kappa shape index (κ3) is 2.67. The van der Waals surface area contributed by atoms with Crippen LogP contribution in [-0.4, -0.2) is 36.3 Å². The predicted octanol–water partition coefficient (Wildman–Crippen LogP) is 2.18. The molecule has 0 aliphatic carbocycles. The molecule has 1 unspecified atom stereocenters. The van der Waals surface area contributed by atoms with Crippen LogP contribution in [0, 0.1) is 0 Å². The molecule has 2 heterocycles. The molecule has 0 bridgehead atoms. The van der Waals surface area contributed by atoms with E-state index in [1.807, 2.05) is 22.9 Å². The Bertz CT molecular complexity index is 776. The van der Waals surface area contributed by atoms with Crippen LogP contribution in [0.4, 0.5) is 10.5 Å². The van der Waals surface area contributed by atoms with Gasteiger partial charge in [-0.1, -0.05) is 30.3 Å². The number of hydrogen-bond donors (Lipinski definition) is 1. The van der Waals surface area contributed by atoms with Gasteiger partial charge in [-0.15, -0.1) is 0 Å². The monoisotopic (exact) mass is 343 g/mol. The fourth-order valence-electron chi connectivity index (χ4n) is 2.64. The van der Waals surface area contributed by atoms with Crippen molar-refractivity contribution in [2.24, 2.45) is 0 Å². The molecule has 2 aromatic rings. The van der Waals surface area contributed by atoms with Gasteiger partial charge in [-0.25, -0.2) is 4.79 Å². The average molecular weight is 343 g/mol. The van der Waals surface area contributed by atoms with Gasteiger partial charge in [0.1, 0.15) is 12.1 Å². The van der Waals surface area contributed by atoms with E-state index in [9.17, 15) is 14.4 Å². The number of amides is 4. The lowest BCUT2D eigenvalue weighted by Crippen LogP contribution is -2.43. The third-order valence-electron chi connectivity index (χ3n) is 4.19. The van der Waals surface area contributed by atoms with E-state index in [1.165, 1.54) is 16.2 Å². The molecule has 3 rings (SSSR count). The molecular weight excluding hydrogens is 326 g/mol. The Balaban J connectivity index is 1.79. The van der Waals surface area contributed by atoms with E-state index in [1.54, 1.807) is 38.2 Å². The van der Waals surface area contributed by atoms with Gasteiger partial charge in [0.2, 0.25) is 5.91 Å². The van der Waals surface area contributed by atoms with Crippen molar-refractivity contribution in [3.63, 3.8) is 0 Å². The Labute approximate surface area is 143 Å². The van der Waals surface area contributed by atoms with Crippen molar-refractivity contribution in [3.05, 3.63) is 52.7 Å². The number of hydrogen-bond acceptors (Lipinski definition) is 4. The van der Waals surface area contributed by atoms with Gasteiger partial charge >= 0.3 is 6.03 Å². The summed E-state index contributed by atoms with van der Waals surface area (Å²) < 4.78 is 0. The van der Waals surface area contributed by atoms with Crippen molar-refractivity contribution in [2.75, 3.05) is 18.5 Å². The average Bonchev–Trinajstić information content (AvgIpc) is 3.19. The van der Waals surface area contributed by atoms with Gasteiger partial charge in [-0.05, 0) is 23.9 Å². The number of carbonyl (C=O) groups is 3. The van der Waals surface area contributed by atoms with E-state index in [-0.39, 0.29) is 12.5 Å². The molecule has 1 atom stereocenters. The number of carbonyl (C=O) groups excluding carboxylic acids is 3. The molecule has 7 heteroatoms. The zero-order valence-electron chi connectivity index (χ0n) is 13.4. The van der Waals surface area contributed by atoms with Gasteiger partial charge in [0.15, 0.2) is 0 Å². The minimum atomic E-state index is -1.15. The molecule has 1 N–H and O–H groups in total. The van der Waals surface area contributed by atoms with E-state index in [0.717, 1.165) is 10.6 Å². The highest BCUT2D eigenvalue weighted by molar-refractivity contribution is 7.08. The van der Waals surface area contributed by atoms with E-state index in [2.05, 4.69) is 5.32 Å². The van der Waals surface area contributed by atoms with Gasteiger partial charge in [-0.3, -0.25) is 14.5 Å². The van der Waals surface area contributed by atoms with E-state index < -0.39 is 17.5 Å². The van der Waals surface area contributed by atoms with Crippen LogP contribution in [0.1, 0.15) is 12.5 Å². The summed E-state index contributed by atoms with van der Waals surface area (Å²) in [5.74, 6) is -0.750. The first-order valence-electron chi connectivity index (χ1n) is 7.42. The summed E-state index contributed by atoms with van der Waals surface area (Å²) in [6, 6.07) is 10.3. The van der Waals surface area contributed by atoms with Crippen LogP contribution in [0.5, 0.6) is 0 Å². The zero-order valence-corrected chi connectivity index (χ0v) is 14.2. The van der Waals surface area contributed by atoms with E-state index in [0.29, 0.717) is 5.56 Å². The number of anilines is 1. The standard InChI is InChI=1S/C17H17N3O3S/c1-17(12-6-4-3-5-7-12)15(22)20(16(23)18-17)10-14(21)19(2)13-8-9-24-11-13/h3-9,11H,10H2,1-2H3,(H,18,23). The summed E-state index contributed by atoms with van der Waals surface area (Å²) in [6.07, 6.45) is 0. The molecule has 0 radical (unpaired) electrons. The SMILES string of the molecule is CN(C(=O)CN1C(=O)NC(C)(c2ccccc2)C1=O)c1ccsc1. The van der Waals surface area contributed by atoms with Crippen molar-refractivity contribution in [1.29, 1.82) is 0 Å². The Morgan fingerprint density at radius 2 is 1.96 bits per heavy atom. The Kier molecular flexibility index (Phi) is 4.11. The minimum absolute atomic E-state index is 0.292. The van der Waals surface area contributed by atoms with Crippen LogP contribution in [-0.2, 0) is 15.1 Å². The molecule has 1 fully saturated rings. The predicted molar refractivity (Wildman–Crippen MR) is 91.8 cm³/mol. The van der Waals surface area contributed by atoms with Crippen molar-refractivity contribution in [1.82, 2.24) is 10.2 Å². The largest absolute Gasteiger partial charge is 0.325 e. The Morgan fingerprint density at radius 3 is 2.58 bits per heavy atom. The van der Waals surface area contributed by atoms with Gasteiger partial charge in [0, 0.05) is 12.4 Å². The Morgan fingerprint density at radius 1 is 1.25 bits per heavy atom. The van der Waals surface area contributed by atoms with Crippen molar-refractivity contribution in [3.8, 4) is 0 Å². The number of rotatable bonds is 4. The molecule has 124 valence electrons. The van der Waals surface area contributed by atoms with Crippen LogP contribution in [0.25, 0.3) is 0 Å². The molecule has 1 aromatic heterocycles. The molecule has 1 aromatic carbocycles. The lowest BCUT2D eigenvalue weighted by atomic mass is 9.92. The quantitative estimate of drug-likeness (QED) is 0.865. The van der Waals surface area contributed by atoms with Crippen LogP contribution in [0.15, 0.2) is 47.2 Å². The zero-order chi connectivity index (χ0) is 17.3. The topological polar surface area (TPSA) is 69.7 Å². The van der Waals surface area contributed by atoms with Gasteiger partial charge in [0.25, 0.3) is 5.91 Å². The maximum absolute atomic E-state index is 12.8. The van der Waals surface area contributed by atoms with Gasteiger partial charge < -0.3 is 10.2 Å². The fraction of sp³-hybridized carbons (Fsp3) is 0.235. The molecule has 0 spiro atoms. The second kappa shape index (κ2) is 6.09. The summed E-state index contributed by atoms with van der Waals surface area (Å²) >= 11 is 1.47. The van der Waals surface area contributed by atoms with Crippen molar-refractivity contribution < 1.29 is 14.4 Å². The van der Waals surface area contributed by atoms with Gasteiger partial charge in [-0.2, -0.15) is 11.3 Å². The van der Waals surface area contributed by atoms with Crippen LogP contribution in [0.2, 0.25) is 0 Å². The summed E-state index contributed by atoms with van der Waals surface area (Å²) in [7, 11) is 1.62. The van der Waals surface area contributed by atoms with Crippen molar-refractivity contribution in [2.45, 2.75) is 12.5 Å². The second-order valence-electron chi connectivity index (χ2n) is 5.75. The highest BCUT2D eigenvalue weighted by Crippen LogP contribution is 2.28. The molecule has 1 aliphatic rings. The summed E-state index contributed by atoms with van der Waals surface area (Å²) in [4.78, 5) is 39.8. The highest BCUT2D eigenvalue weighted by atomic mass is 32.1. The second-order valence-corrected chi connectivity index (χ2v) is 6.53. The molecule has 1 aliphatic heterocycles. The number of nitrogens with zero attached hydrogens (tertiary/aromatic N) is 2. The molecule has 24 heavy (non-hydrogen) atoms. The number of urea groups is 1. The third-order valence-corrected chi connectivity index (χ3v) is 4.86. The normalized spacial score (nSPS) is 20.2. The molecule has 4 amide bonds. The number of imide groups is 1. The summed E-state index contributed by atoms with van der Waals surface area (Å²) in [6.45, 7) is 1.36. The number of thiophene rings is 1. The first-order valence-corrected chi connectivity index (χ1v) is 8.36. The number of benzene rings is 1. The lowest BCUT2D eigenvalue weighted by molar-refractivity contribution is -0.134. The first-order chi connectivity index (χ1) is 11.4. The van der Waals surface area contributed by atoms with Crippen LogP contribution in [0.3, 0.4) is 0 Å². The Hall–Kier alpha value is -2.67. The van der Waals surface area contributed by atoms with Crippen molar-refractivity contribution >= 4 is 34.9 Å². The maximum atomic E-state index is 12.8. The highest BCUT2D eigenvalue weighted by Gasteiger charge is 2.49. The summed E-state index contributed by atoms with van der Waals surface area (Å²) in [5.41, 5.74) is 0.270. The molecule has 6 nitrogen and oxygen atoms in total. The lowest BCUT2D eigenvalue weighted by Gasteiger charge is -2.23. The number of nitrogens with one attached hydrogen (secondary N) is 1. The number of likely N-dealkylation sites (N-methyl/N-ethyl adjacent to an activating group) is 1. The smallest absolute Gasteiger partial charge is 0.319 e. The van der Waals surface area contributed by atoms with Gasteiger partial charge in [0.05, 0.1) is 5.69 Å². The maximum Gasteiger partial charge on any atom is 0.325 e. The molecule has 0 saturated carbocycles.